The van der Waals surface area contributed by atoms with Crippen molar-refractivity contribution in [1.82, 2.24) is 15.2 Å². The molecular formula is C13H21N3. The second-order valence-corrected chi connectivity index (χ2v) is 4.71. The summed E-state index contributed by atoms with van der Waals surface area (Å²) in [6, 6.07) is 2.79. The van der Waals surface area contributed by atoms with Crippen LogP contribution in [0.15, 0.2) is 18.5 Å². The fraction of sp³-hybridized carbons (Fsp3) is 0.615. The maximum Gasteiger partial charge on any atom is 0.0315 e. The molecule has 3 nitrogen and oxygen atoms in total. The van der Waals surface area contributed by atoms with Crippen LogP contribution in [0.4, 0.5) is 0 Å². The summed E-state index contributed by atoms with van der Waals surface area (Å²) in [6.07, 6.45) is 6.48. The standard InChI is InChI=1S/C13H21N3/c1-11-5-6-14-8-12(11)9-15-10-13-4-3-7-16(13)2/h5-6,8,13,15H,3-4,7,9-10H2,1-2H3. The molecule has 2 heterocycles. The van der Waals surface area contributed by atoms with Gasteiger partial charge in [0.1, 0.15) is 0 Å². The Morgan fingerprint density at radius 3 is 3.12 bits per heavy atom. The van der Waals surface area contributed by atoms with Crippen LogP contribution in [0.2, 0.25) is 0 Å². The fourth-order valence-corrected chi connectivity index (χ4v) is 2.29. The van der Waals surface area contributed by atoms with Crippen molar-refractivity contribution in [3.05, 3.63) is 29.6 Å². The first-order valence-corrected chi connectivity index (χ1v) is 6.08. The summed E-state index contributed by atoms with van der Waals surface area (Å²) < 4.78 is 0. The molecule has 2 rings (SSSR count). The topological polar surface area (TPSA) is 28.2 Å². The van der Waals surface area contributed by atoms with E-state index in [-0.39, 0.29) is 0 Å². The molecule has 1 aliphatic heterocycles. The summed E-state index contributed by atoms with van der Waals surface area (Å²) in [7, 11) is 2.22. The maximum absolute atomic E-state index is 4.16. The van der Waals surface area contributed by atoms with Crippen LogP contribution in [0, 0.1) is 6.92 Å². The Morgan fingerprint density at radius 2 is 2.44 bits per heavy atom. The molecule has 88 valence electrons. The molecule has 0 saturated carbocycles. The zero-order chi connectivity index (χ0) is 11.4. The van der Waals surface area contributed by atoms with Crippen molar-refractivity contribution in [2.24, 2.45) is 0 Å². The van der Waals surface area contributed by atoms with Crippen LogP contribution in [0.25, 0.3) is 0 Å². The second-order valence-electron chi connectivity index (χ2n) is 4.71. The van der Waals surface area contributed by atoms with Gasteiger partial charge >= 0.3 is 0 Å². The molecular weight excluding hydrogens is 198 g/mol. The predicted molar refractivity (Wildman–Crippen MR) is 66.3 cm³/mol. The van der Waals surface area contributed by atoms with Crippen molar-refractivity contribution in [3.63, 3.8) is 0 Å². The molecule has 1 aromatic rings. The van der Waals surface area contributed by atoms with Crippen LogP contribution in [0.5, 0.6) is 0 Å². The zero-order valence-electron chi connectivity index (χ0n) is 10.2. The summed E-state index contributed by atoms with van der Waals surface area (Å²) in [5, 5.41) is 3.53. The van der Waals surface area contributed by atoms with Gasteiger partial charge in [0, 0.05) is 31.5 Å². The van der Waals surface area contributed by atoms with E-state index in [1.54, 1.807) is 0 Å². The monoisotopic (exact) mass is 219 g/mol. The number of hydrogen-bond acceptors (Lipinski definition) is 3. The normalized spacial score (nSPS) is 21.5. The molecule has 0 aliphatic carbocycles. The van der Waals surface area contributed by atoms with Crippen LogP contribution in [0.1, 0.15) is 24.0 Å². The molecule has 0 radical (unpaired) electrons. The van der Waals surface area contributed by atoms with Crippen molar-refractivity contribution >= 4 is 0 Å². The molecule has 1 N–H and O–H groups in total. The Labute approximate surface area is 97.9 Å². The lowest BCUT2D eigenvalue weighted by Crippen LogP contribution is -2.35. The molecule has 16 heavy (non-hydrogen) atoms. The number of hydrogen-bond donors (Lipinski definition) is 1. The Morgan fingerprint density at radius 1 is 1.56 bits per heavy atom. The largest absolute Gasteiger partial charge is 0.311 e. The van der Waals surface area contributed by atoms with Gasteiger partial charge in [-0.3, -0.25) is 4.98 Å². The lowest BCUT2D eigenvalue weighted by atomic mass is 10.1. The van der Waals surface area contributed by atoms with Crippen LogP contribution < -0.4 is 5.32 Å². The Kier molecular flexibility index (Phi) is 3.91. The molecule has 0 aromatic carbocycles. The Balaban J connectivity index is 1.78. The van der Waals surface area contributed by atoms with Crippen molar-refractivity contribution in [2.45, 2.75) is 32.4 Å². The minimum Gasteiger partial charge on any atom is -0.311 e. The number of likely N-dealkylation sites (tertiary alicyclic amines) is 1. The van der Waals surface area contributed by atoms with Crippen molar-refractivity contribution < 1.29 is 0 Å². The molecule has 1 saturated heterocycles. The number of aryl methyl sites for hydroxylation is 1. The summed E-state index contributed by atoms with van der Waals surface area (Å²) in [5.41, 5.74) is 2.63. The van der Waals surface area contributed by atoms with Gasteiger partial charge in [-0.25, -0.2) is 0 Å². The maximum atomic E-state index is 4.16. The number of pyridine rings is 1. The lowest BCUT2D eigenvalue weighted by Gasteiger charge is -2.19. The van der Waals surface area contributed by atoms with Crippen LogP contribution in [-0.4, -0.2) is 36.1 Å². The van der Waals surface area contributed by atoms with E-state index < -0.39 is 0 Å². The van der Waals surface area contributed by atoms with E-state index >= 15 is 0 Å². The first-order valence-electron chi connectivity index (χ1n) is 6.08. The third-order valence-electron chi connectivity index (χ3n) is 3.51. The summed E-state index contributed by atoms with van der Waals surface area (Å²) in [5.74, 6) is 0. The van der Waals surface area contributed by atoms with Gasteiger partial charge in [0.05, 0.1) is 0 Å². The highest BCUT2D eigenvalue weighted by atomic mass is 15.2. The van der Waals surface area contributed by atoms with Gasteiger partial charge in [-0.1, -0.05) is 0 Å². The fourth-order valence-electron chi connectivity index (χ4n) is 2.29. The van der Waals surface area contributed by atoms with Crippen molar-refractivity contribution in [2.75, 3.05) is 20.1 Å². The van der Waals surface area contributed by atoms with Crippen LogP contribution in [-0.2, 0) is 6.54 Å². The van der Waals surface area contributed by atoms with E-state index in [0.29, 0.717) is 0 Å². The van der Waals surface area contributed by atoms with Gasteiger partial charge in [0.25, 0.3) is 0 Å². The number of aromatic nitrogens is 1. The van der Waals surface area contributed by atoms with E-state index in [0.717, 1.165) is 19.1 Å². The summed E-state index contributed by atoms with van der Waals surface area (Å²) in [4.78, 5) is 6.61. The SMILES string of the molecule is Cc1ccncc1CNCC1CCCN1C. The van der Waals surface area contributed by atoms with Crippen LogP contribution in [0.3, 0.4) is 0 Å². The molecule has 1 aliphatic rings. The molecule has 1 aromatic heterocycles. The van der Waals surface area contributed by atoms with E-state index in [4.69, 9.17) is 0 Å². The molecule has 1 unspecified atom stereocenters. The average Bonchev–Trinajstić information content (AvgIpc) is 2.67. The quantitative estimate of drug-likeness (QED) is 0.833. The average molecular weight is 219 g/mol. The second kappa shape index (κ2) is 5.41. The molecule has 0 amide bonds. The molecule has 1 fully saturated rings. The van der Waals surface area contributed by atoms with Gasteiger partial charge in [-0.15, -0.1) is 0 Å². The third-order valence-corrected chi connectivity index (χ3v) is 3.51. The predicted octanol–water partition coefficient (Wildman–Crippen LogP) is 1.57. The number of likely N-dealkylation sites (N-methyl/N-ethyl adjacent to an activating group) is 1. The molecule has 1 atom stereocenters. The van der Waals surface area contributed by atoms with E-state index in [2.05, 4.69) is 35.2 Å². The van der Waals surface area contributed by atoms with E-state index in [9.17, 15) is 0 Å². The summed E-state index contributed by atoms with van der Waals surface area (Å²) in [6.45, 7) is 5.41. The minimum absolute atomic E-state index is 0.719. The number of nitrogens with zero attached hydrogens (tertiary/aromatic N) is 2. The van der Waals surface area contributed by atoms with Gasteiger partial charge in [0.2, 0.25) is 0 Å². The highest BCUT2D eigenvalue weighted by Crippen LogP contribution is 2.13. The Hall–Kier alpha value is -0.930. The zero-order valence-corrected chi connectivity index (χ0v) is 10.2. The summed E-state index contributed by atoms with van der Waals surface area (Å²) >= 11 is 0. The van der Waals surface area contributed by atoms with Gasteiger partial charge in [-0.2, -0.15) is 0 Å². The minimum atomic E-state index is 0.719. The van der Waals surface area contributed by atoms with E-state index in [1.165, 1.54) is 30.5 Å². The van der Waals surface area contributed by atoms with Crippen molar-refractivity contribution in [1.29, 1.82) is 0 Å². The molecule has 0 bridgehead atoms. The lowest BCUT2D eigenvalue weighted by molar-refractivity contribution is 0.300. The Bertz CT molecular complexity index is 338. The number of nitrogens with one attached hydrogen (secondary N) is 1. The molecule has 0 spiro atoms. The highest BCUT2D eigenvalue weighted by molar-refractivity contribution is 5.20. The van der Waals surface area contributed by atoms with Gasteiger partial charge in [0.15, 0.2) is 0 Å². The number of rotatable bonds is 4. The van der Waals surface area contributed by atoms with Crippen LogP contribution >= 0.6 is 0 Å². The van der Waals surface area contributed by atoms with Crippen molar-refractivity contribution in [3.8, 4) is 0 Å². The first-order chi connectivity index (χ1) is 7.77. The van der Waals surface area contributed by atoms with E-state index in [1.807, 2.05) is 12.4 Å². The smallest absolute Gasteiger partial charge is 0.0315 e. The molecule has 3 heteroatoms. The van der Waals surface area contributed by atoms with Gasteiger partial charge < -0.3 is 10.2 Å². The van der Waals surface area contributed by atoms with Gasteiger partial charge in [-0.05, 0) is 50.6 Å². The first kappa shape index (κ1) is 11.6. The highest BCUT2D eigenvalue weighted by Gasteiger charge is 2.19. The third kappa shape index (κ3) is 2.80.